The van der Waals surface area contributed by atoms with E-state index in [1.165, 1.54) is 19.2 Å². The van der Waals surface area contributed by atoms with E-state index in [9.17, 15) is 9.59 Å². The van der Waals surface area contributed by atoms with Crippen LogP contribution in [0.4, 0.5) is 5.82 Å². The molecule has 9 heteroatoms. The highest BCUT2D eigenvalue weighted by Crippen LogP contribution is 2.29. The molecule has 1 aromatic carbocycles. The van der Waals surface area contributed by atoms with Crippen molar-refractivity contribution in [1.82, 2.24) is 4.98 Å². The van der Waals surface area contributed by atoms with E-state index in [0.717, 1.165) is 5.39 Å². The average molecular weight is 437 g/mol. The fraction of sp³-hybridized carbons (Fsp3) is 0.250. The van der Waals surface area contributed by atoms with Gasteiger partial charge in [-0.05, 0) is 45.0 Å². The van der Waals surface area contributed by atoms with Crippen LogP contribution < -0.4 is 10.1 Å². The zero-order valence-electron chi connectivity index (χ0n) is 15.9. The standard InChI is InChI=1S/C20H18Cl2N2O5/c1-4-27-13-5-6-16-14(8-13)10(2)17(29-16)20(26)28-11(3)19(25)24-18-15(22)7-12(21)9-23-18/h5-9,11H,4H2,1-3H3,(H,23,24,25). The molecule has 1 unspecified atom stereocenters. The first-order valence-corrected chi connectivity index (χ1v) is 9.54. The number of carbonyl (C=O) groups is 2. The predicted molar refractivity (Wildman–Crippen MR) is 110 cm³/mol. The van der Waals surface area contributed by atoms with E-state index in [1.807, 2.05) is 6.92 Å². The fourth-order valence-corrected chi connectivity index (χ4v) is 3.07. The fourth-order valence-electron chi connectivity index (χ4n) is 2.64. The van der Waals surface area contributed by atoms with Crippen LogP contribution in [0.1, 0.15) is 30.0 Å². The van der Waals surface area contributed by atoms with Crippen molar-refractivity contribution in [2.24, 2.45) is 0 Å². The number of nitrogens with one attached hydrogen (secondary N) is 1. The largest absolute Gasteiger partial charge is 0.494 e. The van der Waals surface area contributed by atoms with Gasteiger partial charge >= 0.3 is 5.97 Å². The van der Waals surface area contributed by atoms with Crippen molar-refractivity contribution in [2.75, 3.05) is 11.9 Å². The van der Waals surface area contributed by atoms with E-state index < -0.39 is 18.0 Å². The van der Waals surface area contributed by atoms with Gasteiger partial charge < -0.3 is 19.2 Å². The summed E-state index contributed by atoms with van der Waals surface area (Å²) in [5, 5.41) is 3.73. The molecule has 1 atom stereocenters. The van der Waals surface area contributed by atoms with Crippen molar-refractivity contribution in [1.29, 1.82) is 0 Å². The van der Waals surface area contributed by atoms with Gasteiger partial charge in [0.15, 0.2) is 11.9 Å². The Morgan fingerprint density at radius 2 is 2.03 bits per heavy atom. The highest BCUT2D eigenvalue weighted by Gasteiger charge is 2.25. The molecule has 0 fully saturated rings. The molecule has 0 aliphatic rings. The molecule has 0 aliphatic heterocycles. The SMILES string of the molecule is CCOc1ccc2oc(C(=O)OC(C)C(=O)Nc3ncc(Cl)cc3Cl)c(C)c2c1. The third kappa shape index (κ3) is 4.63. The Hall–Kier alpha value is -2.77. The molecule has 7 nitrogen and oxygen atoms in total. The smallest absolute Gasteiger partial charge is 0.375 e. The zero-order valence-corrected chi connectivity index (χ0v) is 17.4. The zero-order chi connectivity index (χ0) is 21.1. The van der Waals surface area contributed by atoms with Gasteiger partial charge in [-0.3, -0.25) is 4.79 Å². The molecular weight excluding hydrogens is 419 g/mol. The number of hydrogen-bond acceptors (Lipinski definition) is 6. The Bertz CT molecular complexity index is 1080. The first kappa shape index (κ1) is 21.0. The lowest BCUT2D eigenvalue weighted by Crippen LogP contribution is -2.30. The number of pyridine rings is 1. The Balaban J connectivity index is 1.73. The number of nitrogens with zero attached hydrogens (tertiary/aromatic N) is 1. The number of amides is 1. The molecule has 29 heavy (non-hydrogen) atoms. The van der Waals surface area contributed by atoms with Crippen molar-refractivity contribution in [2.45, 2.75) is 26.9 Å². The van der Waals surface area contributed by atoms with Crippen LogP contribution >= 0.6 is 23.2 Å². The quantitative estimate of drug-likeness (QED) is 0.545. The van der Waals surface area contributed by atoms with Gasteiger partial charge in [-0.2, -0.15) is 0 Å². The van der Waals surface area contributed by atoms with Crippen molar-refractivity contribution in [3.63, 3.8) is 0 Å². The van der Waals surface area contributed by atoms with Gasteiger partial charge in [-0.25, -0.2) is 9.78 Å². The number of aromatic nitrogens is 1. The van der Waals surface area contributed by atoms with E-state index >= 15 is 0 Å². The summed E-state index contributed by atoms with van der Waals surface area (Å²) in [5.74, 6) is -0.538. The van der Waals surface area contributed by atoms with Gasteiger partial charge in [-0.1, -0.05) is 23.2 Å². The van der Waals surface area contributed by atoms with Gasteiger partial charge in [0.1, 0.15) is 11.3 Å². The number of benzene rings is 1. The summed E-state index contributed by atoms with van der Waals surface area (Å²) in [6.07, 6.45) is 0.233. The number of hydrogen-bond donors (Lipinski definition) is 1. The molecule has 0 bridgehead atoms. The molecule has 3 aromatic rings. The van der Waals surface area contributed by atoms with Crippen LogP contribution in [-0.4, -0.2) is 29.6 Å². The number of anilines is 1. The molecule has 2 aromatic heterocycles. The van der Waals surface area contributed by atoms with E-state index in [1.54, 1.807) is 25.1 Å². The maximum absolute atomic E-state index is 12.5. The molecular formula is C20H18Cl2N2O5. The average Bonchev–Trinajstić information content (AvgIpc) is 3.00. The molecule has 0 saturated carbocycles. The normalized spacial score (nSPS) is 11.9. The van der Waals surface area contributed by atoms with Crippen molar-refractivity contribution < 1.29 is 23.5 Å². The van der Waals surface area contributed by atoms with Gasteiger partial charge in [0.2, 0.25) is 5.76 Å². The lowest BCUT2D eigenvalue weighted by Gasteiger charge is -2.13. The number of ether oxygens (including phenoxy) is 2. The van der Waals surface area contributed by atoms with Crippen LogP contribution in [-0.2, 0) is 9.53 Å². The third-order valence-electron chi connectivity index (χ3n) is 4.11. The second-order valence-corrected chi connectivity index (χ2v) is 7.01. The summed E-state index contributed by atoms with van der Waals surface area (Å²) in [4.78, 5) is 28.8. The Kier molecular flexibility index (Phi) is 6.30. The monoisotopic (exact) mass is 436 g/mol. The molecule has 152 valence electrons. The molecule has 1 N–H and O–H groups in total. The van der Waals surface area contributed by atoms with E-state index in [0.29, 0.717) is 28.5 Å². The van der Waals surface area contributed by atoms with Gasteiger partial charge in [0, 0.05) is 17.1 Å². The lowest BCUT2D eigenvalue weighted by molar-refractivity contribution is -0.123. The maximum Gasteiger partial charge on any atom is 0.375 e. The second kappa shape index (κ2) is 8.71. The van der Waals surface area contributed by atoms with Gasteiger partial charge in [-0.15, -0.1) is 0 Å². The first-order valence-electron chi connectivity index (χ1n) is 8.79. The first-order chi connectivity index (χ1) is 13.8. The van der Waals surface area contributed by atoms with Crippen LogP contribution in [0.2, 0.25) is 10.0 Å². The summed E-state index contributed by atoms with van der Waals surface area (Å²) in [6, 6.07) is 6.70. The van der Waals surface area contributed by atoms with Crippen LogP contribution in [0.5, 0.6) is 5.75 Å². The van der Waals surface area contributed by atoms with Crippen LogP contribution in [0, 0.1) is 6.92 Å². The number of fused-ring (bicyclic) bond motifs is 1. The number of aryl methyl sites for hydroxylation is 1. The molecule has 3 rings (SSSR count). The van der Waals surface area contributed by atoms with Crippen LogP contribution in [0.15, 0.2) is 34.9 Å². The molecule has 1 amide bonds. The Morgan fingerprint density at radius 1 is 1.28 bits per heavy atom. The lowest BCUT2D eigenvalue weighted by atomic mass is 10.1. The van der Waals surface area contributed by atoms with E-state index in [4.69, 9.17) is 37.1 Å². The van der Waals surface area contributed by atoms with Crippen LogP contribution in [0.25, 0.3) is 11.0 Å². The summed E-state index contributed by atoms with van der Waals surface area (Å²) >= 11 is 11.8. The number of furan rings is 1. The minimum Gasteiger partial charge on any atom is -0.494 e. The van der Waals surface area contributed by atoms with E-state index in [-0.39, 0.29) is 16.6 Å². The summed E-state index contributed by atoms with van der Waals surface area (Å²) in [5.41, 5.74) is 1.12. The van der Waals surface area contributed by atoms with Crippen LogP contribution in [0.3, 0.4) is 0 Å². The maximum atomic E-state index is 12.5. The number of rotatable bonds is 6. The molecule has 2 heterocycles. The topological polar surface area (TPSA) is 90.7 Å². The molecule has 0 aliphatic carbocycles. The highest BCUT2D eigenvalue weighted by atomic mass is 35.5. The third-order valence-corrected chi connectivity index (χ3v) is 4.60. The summed E-state index contributed by atoms with van der Waals surface area (Å²) < 4.78 is 16.3. The number of halogens is 2. The Morgan fingerprint density at radius 3 is 2.72 bits per heavy atom. The highest BCUT2D eigenvalue weighted by molar-refractivity contribution is 6.36. The molecule has 0 saturated heterocycles. The minimum atomic E-state index is -1.11. The predicted octanol–water partition coefficient (Wildman–Crippen LogP) is 5.03. The molecule has 0 spiro atoms. The second-order valence-electron chi connectivity index (χ2n) is 6.17. The van der Waals surface area contributed by atoms with Crippen molar-refractivity contribution >= 4 is 51.9 Å². The van der Waals surface area contributed by atoms with Gasteiger partial charge in [0.25, 0.3) is 5.91 Å². The van der Waals surface area contributed by atoms with E-state index in [2.05, 4.69) is 10.3 Å². The number of esters is 1. The van der Waals surface area contributed by atoms with Crippen molar-refractivity contribution in [3.8, 4) is 5.75 Å². The molecule has 0 radical (unpaired) electrons. The Labute approximate surface area is 176 Å². The number of carbonyl (C=O) groups excluding carboxylic acids is 2. The van der Waals surface area contributed by atoms with Gasteiger partial charge in [0.05, 0.1) is 16.7 Å². The summed E-state index contributed by atoms with van der Waals surface area (Å²) in [7, 11) is 0. The van der Waals surface area contributed by atoms with Crippen molar-refractivity contribution in [3.05, 3.63) is 51.8 Å². The summed E-state index contributed by atoms with van der Waals surface area (Å²) in [6.45, 7) is 5.58. The minimum absolute atomic E-state index is 0.0240.